The van der Waals surface area contributed by atoms with Gasteiger partial charge in [-0.1, -0.05) is 23.7 Å². The first-order valence-corrected chi connectivity index (χ1v) is 8.60. The van der Waals surface area contributed by atoms with Gasteiger partial charge in [-0.25, -0.2) is 0 Å². The Kier molecular flexibility index (Phi) is 5.28. The van der Waals surface area contributed by atoms with Crippen molar-refractivity contribution in [2.45, 2.75) is 19.9 Å². The molecule has 1 aromatic heterocycles. The summed E-state index contributed by atoms with van der Waals surface area (Å²) in [7, 11) is 1.57. The van der Waals surface area contributed by atoms with Gasteiger partial charge in [0.05, 0.1) is 12.6 Å². The van der Waals surface area contributed by atoms with Crippen LogP contribution in [0, 0.1) is 6.92 Å². The molecule has 0 bridgehead atoms. The predicted molar refractivity (Wildman–Crippen MR) is 104 cm³/mol. The number of hydrogen-bond donors (Lipinski definition) is 1. The standard InChI is InChI=1S/C20H19ClN2O3/c1-13-12-19(25)23(20-16(13)4-3-5-17(20)26-2)11-10-18(24)22-15-8-6-14(21)7-9-15/h3-9,12H,10-11H2,1-2H3,(H,22,24). The fraction of sp³-hybridized carbons (Fsp3) is 0.200. The van der Waals surface area contributed by atoms with Gasteiger partial charge < -0.3 is 14.6 Å². The number of aromatic nitrogens is 1. The highest BCUT2D eigenvalue weighted by Gasteiger charge is 2.12. The molecule has 3 aromatic rings. The average molecular weight is 371 g/mol. The summed E-state index contributed by atoms with van der Waals surface area (Å²) in [6, 6.07) is 14.1. The maximum absolute atomic E-state index is 12.5. The minimum absolute atomic E-state index is 0.154. The second-order valence-electron chi connectivity index (χ2n) is 5.98. The lowest BCUT2D eigenvalue weighted by Crippen LogP contribution is -2.24. The van der Waals surface area contributed by atoms with E-state index in [0.717, 1.165) is 10.9 Å². The van der Waals surface area contributed by atoms with E-state index in [1.807, 2.05) is 25.1 Å². The summed E-state index contributed by atoms with van der Waals surface area (Å²) >= 11 is 5.84. The molecule has 0 unspecified atom stereocenters. The Balaban J connectivity index is 1.85. The third-order valence-electron chi connectivity index (χ3n) is 4.21. The van der Waals surface area contributed by atoms with Crippen LogP contribution >= 0.6 is 11.6 Å². The van der Waals surface area contributed by atoms with Crippen molar-refractivity contribution >= 4 is 34.1 Å². The molecular formula is C20H19ClN2O3. The molecule has 0 atom stereocenters. The summed E-state index contributed by atoms with van der Waals surface area (Å²) in [4.78, 5) is 24.7. The number of aryl methyl sites for hydroxylation is 2. The van der Waals surface area contributed by atoms with Crippen molar-refractivity contribution in [1.29, 1.82) is 0 Å². The zero-order valence-electron chi connectivity index (χ0n) is 14.6. The number of halogens is 1. The average Bonchev–Trinajstić information content (AvgIpc) is 2.63. The first kappa shape index (κ1) is 18.0. The van der Waals surface area contributed by atoms with E-state index < -0.39 is 0 Å². The summed E-state index contributed by atoms with van der Waals surface area (Å²) in [6.45, 7) is 2.15. The third kappa shape index (κ3) is 3.73. The number of pyridine rings is 1. The van der Waals surface area contributed by atoms with E-state index in [9.17, 15) is 9.59 Å². The van der Waals surface area contributed by atoms with Gasteiger partial charge in [-0.05, 0) is 42.8 Å². The van der Waals surface area contributed by atoms with E-state index in [1.54, 1.807) is 42.0 Å². The number of nitrogens with one attached hydrogen (secondary N) is 1. The van der Waals surface area contributed by atoms with Crippen molar-refractivity contribution in [2.24, 2.45) is 0 Å². The van der Waals surface area contributed by atoms with Crippen LogP contribution in [-0.4, -0.2) is 17.6 Å². The quantitative estimate of drug-likeness (QED) is 0.738. The lowest BCUT2D eigenvalue weighted by molar-refractivity contribution is -0.116. The summed E-state index contributed by atoms with van der Waals surface area (Å²) in [6.07, 6.45) is 0.165. The summed E-state index contributed by atoms with van der Waals surface area (Å²) < 4.78 is 7.00. The number of nitrogens with zero attached hydrogens (tertiary/aromatic N) is 1. The first-order chi connectivity index (χ1) is 12.5. The van der Waals surface area contributed by atoms with Crippen molar-refractivity contribution in [2.75, 3.05) is 12.4 Å². The number of rotatable bonds is 5. The van der Waals surface area contributed by atoms with Crippen molar-refractivity contribution in [3.8, 4) is 5.75 Å². The van der Waals surface area contributed by atoms with Gasteiger partial charge in [0.2, 0.25) is 5.91 Å². The van der Waals surface area contributed by atoms with Crippen LogP contribution < -0.4 is 15.6 Å². The predicted octanol–water partition coefficient (Wildman–Crippen LogP) is 4.00. The van der Waals surface area contributed by atoms with Crippen LogP contribution in [0.15, 0.2) is 53.3 Å². The molecule has 0 radical (unpaired) electrons. The van der Waals surface area contributed by atoms with E-state index >= 15 is 0 Å². The topological polar surface area (TPSA) is 60.3 Å². The number of carbonyl (C=O) groups is 1. The van der Waals surface area contributed by atoms with E-state index in [0.29, 0.717) is 22.0 Å². The van der Waals surface area contributed by atoms with Crippen molar-refractivity contribution in [1.82, 2.24) is 4.57 Å². The van der Waals surface area contributed by atoms with Gasteiger partial charge in [-0.2, -0.15) is 0 Å². The zero-order chi connectivity index (χ0) is 18.7. The number of hydrogen-bond acceptors (Lipinski definition) is 3. The Morgan fingerprint density at radius 3 is 2.62 bits per heavy atom. The number of anilines is 1. The molecule has 2 aromatic carbocycles. The van der Waals surface area contributed by atoms with Crippen molar-refractivity contribution < 1.29 is 9.53 Å². The number of carbonyl (C=O) groups excluding carboxylic acids is 1. The third-order valence-corrected chi connectivity index (χ3v) is 4.46. The SMILES string of the molecule is COc1cccc2c(C)cc(=O)n(CCC(=O)Nc3ccc(Cl)cc3)c12. The molecule has 1 amide bonds. The highest BCUT2D eigenvalue weighted by atomic mass is 35.5. The molecule has 0 spiro atoms. The van der Waals surface area contributed by atoms with Crippen LogP contribution in [0.5, 0.6) is 5.75 Å². The lowest BCUT2D eigenvalue weighted by Gasteiger charge is -2.15. The number of amides is 1. The molecule has 5 nitrogen and oxygen atoms in total. The largest absolute Gasteiger partial charge is 0.495 e. The zero-order valence-corrected chi connectivity index (χ0v) is 15.3. The molecule has 26 heavy (non-hydrogen) atoms. The lowest BCUT2D eigenvalue weighted by atomic mass is 10.1. The molecule has 6 heteroatoms. The van der Waals surface area contributed by atoms with E-state index in [2.05, 4.69) is 5.32 Å². The molecule has 0 aliphatic heterocycles. The number of benzene rings is 2. The second kappa shape index (κ2) is 7.62. The number of methoxy groups -OCH3 is 1. The van der Waals surface area contributed by atoms with Crippen molar-refractivity contribution in [3.63, 3.8) is 0 Å². The Morgan fingerprint density at radius 2 is 1.92 bits per heavy atom. The molecule has 3 rings (SSSR count). The molecule has 0 aliphatic carbocycles. The Hall–Kier alpha value is -2.79. The van der Waals surface area contributed by atoms with Gasteiger partial charge >= 0.3 is 0 Å². The maximum atomic E-state index is 12.5. The first-order valence-electron chi connectivity index (χ1n) is 8.22. The number of fused-ring (bicyclic) bond motifs is 1. The van der Waals surface area contributed by atoms with Gasteiger partial charge in [0.15, 0.2) is 0 Å². The molecule has 1 N–H and O–H groups in total. The molecule has 0 saturated carbocycles. The van der Waals surface area contributed by atoms with Crippen LogP contribution in [0.2, 0.25) is 5.02 Å². The van der Waals surface area contributed by atoms with Crippen LogP contribution in [0.3, 0.4) is 0 Å². The van der Waals surface area contributed by atoms with E-state index in [-0.39, 0.29) is 24.4 Å². The van der Waals surface area contributed by atoms with Crippen LogP contribution in [0.25, 0.3) is 10.9 Å². The Bertz CT molecular complexity index is 1010. The fourth-order valence-electron chi connectivity index (χ4n) is 2.93. The number of ether oxygens (including phenoxy) is 1. The molecule has 1 heterocycles. The van der Waals surface area contributed by atoms with E-state index in [1.165, 1.54) is 0 Å². The van der Waals surface area contributed by atoms with Crippen LogP contribution in [0.4, 0.5) is 5.69 Å². The van der Waals surface area contributed by atoms with Gasteiger partial charge in [-0.3, -0.25) is 9.59 Å². The minimum atomic E-state index is -0.178. The summed E-state index contributed by atoms with van der Waals surface area (Å²) in [5.41, 5.74) is 2.10. The molecular weight excluding hydrogens is 352 g/mol. The minimum Gasteiger partial charge on any atom is -0.495 e. The monoisotopic (exact) mass is 370 g/mol. The highest BCUT2D eigenvalue weighted by Crippen LogP contribution is 2.26. The molecule has 134 valence electrons. The maximum Gasteiger partial charge on any atom is 0.251 e. The van der Waals surface area contributed by atoms with E-state index in [4.69, 9.17) is 16.3 Å². The molecule has 0 fully saturated rings. The number of para-hydroxylation sites is 1. The van der Waals surface area contributed by atoms with Gasteiger partial charge in [0, 0.05) is 35.1 Å². The van der Waals surface area contributed by atoms with Crippen LogP contribution in [-0.2, 0) is 11.3 Å². The van der Waals surface area contributed by atoms with Gasteiger partial charge in [0.1, 0.15) is 5.75 Å². The molecule has 0 aliphatic rings. The van der Waals surface area contributed by atoms with Gasteiger partial charge in [-0.15, -0.1) is 0 Å². The van der Waals surface area contributed by atoms with Gasteiger partial charge in [0.25, 0.3) is 5.56 Å². The molecule has 0 saturated heterocycles. The Labute approximate surface area is 156 Å². The van der Waals surface area contributed by atoms with Crippen molar-refractivity contribution in [3.05, 3.63) is 69.5 Å². The summed E-state index contributed by atoms with van der Waals surface area (Å²) in [5, 5.41) is 4.34. The summed E-state index contributed by atoms with van der Waals surface area (Å²) in [5.74, 6) is 0.434. The Morgan fingerprint density at radius 1 is 1.19 bits per heavy atom. The second-order valence-corrected chi connectivity index (χ2v) is 6.42. The normalized spacial score (nSPS) is 10.7. The van der Waals surface area contributed by atoms with Crippen LogP contribution in [0.1, 0.15) is 12.0 Å². The smallest absolute Gasteiger partial charge is 0.251 e. The highest BCUT2D eigenvalue weighted by molar-refractivity contribution is 6.30. The fourth-order valence-corrected chi connectivity index (χ4v) is 3.05.